The second-order valence-electron chi connectivity index (χ2n) is 7.28. The van der Waals surface area contributed by atoms with Crippen molar-refractivity contribution in [3.05, 3.63) is 54.2 Å². The summed E-state index contributed by atoms with van der Waals surface area (Å²) in [6, 6.07) is 11.5. The summed E-state index contributed by atoms with van der Waals surface area (Å²) >= 11 is 1.40. The van der Waals surface area contributed by atoms with Crippen molar-refractivity contribution in [1.82, 2.24) is 10.3 Å². The van der Waals surface area contributed by atoms with Crippen molar-refractivity contribution in [2.45, 2.75) is 17.4 Å². The molecule has 34 heavy (non-hydrogen) atoms. The van der Waals surface area contributed by atoms with Gasteiger partial charge in [0.1, 0.15) is 5.82 Å². The number of rotatable bonds is 9. The molecule has 0 unspecified atom stereocenters. The van der Waals surface area contributed by atoms with Crippen molar-refractivity contribution in [2.75, 3.05) is 36.3 Å². The number of carboxylic acids is 1. The van der Waals surface area contributed by atoms with Crippen LogP contribution in [0.5, 0.6) is 0 Å². The van der Waals surface area contributed by atoms with E-state index in [0.29, 0.717) is 22.8 Å². The number of pyridine rings is 1. The Morgan fingerprint density at radius 1 is 1.15 bits per heavy atom. The second kappa shape index (κ2) is 11.2. The van der Waals surface area contributed by atoms with E-state index >= 15 is 0 Å². The molecule has 3 rings (SSSR count). The quantitative estimate of drug-likeness (QED) is 0.288. The molecule has 0 fully saturated rings. The fourth-order valence-electron chi connectivity index (χ4n) is 3.41. The fraction of sp³-hybridized carbons (Fsp3) is 0.217. The summed E-state index contributed by atoms with van der Waals surface area (Å²) in [4.78, 5) is 40.6. The number of carbonyl (C=O) groups excluding carboxylic acids is 2. The predicted molar refractivity (Wildman–Crippen MR) is 132 cm³/mol. The molecule has 3 aromatic rings. The van der Waals surface area contributed by atoms with Gasteiger partial charge in [-0.2, -0.15) is 0 Å². The molecule has 0 bridgehead atoms. The predicted octanol–water partition coefficient (Wildman–Crippen LogP) is 3.46. The van der Waals surface area contributed by atoms with Crippen molar-refractivity contribution in [2.24, 2.45) is 0 Å². The zero-order valence-electron chi connectivity index (χ0n) is 18.6. The maximum atomic E-state index is 12.7. The number of nitrogens with two attached hydrogens (primary N) is 1. The third-order valence-corrected chi connectivity index (χ3v) is 5.81. The van der Waals surface area contributed by atoms with Crippen molar-refractivity contribution < 1.29 is 24.2 Å². The Bertz CT molecular complexity index is 1220. The number of benzene rings is 2. The average Bonchev–Trinajstić information content (AvgIpc) is 2.82. The van der Waals surface area contributed by atoms with Crippen LogP contribution in [0.3, 0.4) is 0 Å². The summed E-state index contributed by atoms with van der Waals surface area (Å²) in [6.45, 7) is -0.0725. The number of aliphatic carboxylic acids is 1. The Morgan fingerprint density at radius 3 is 2.62 bits per heavy atom. The summed E-state index contributed by atoms with van der Waals surface area (Å²) in [7, 11) is 1.24. The van der Waals surface area contributed by atoms with Gasteiger partial charge in [0, 0.05) is 27.9 Å². The molecule has 11 heteroatoms. The minimum atomic E-state index is -1.07. The molecule has 178 valence electrons. The first kappa shape index (κ1) is 24.6. The van der Waals surface area contributed by atoms with Gasteiger partial charge in [-0.1, -0.05) is 0 Å². The molecule has 10 nitrogen and oxygen atoms in total. The molecule has 1 heterocycles. The average molecular weight is 484 g/mol. The maximum absolute atomic E-state index is 12.7. The van der Waals surface area contributed by atoms with Crippen LogP contribution >= 0.6 is 11.8 Å². The number of hydrogen-bond acceptors (Lipinski definition) is 8. The fourth-order valence-corrected chi connectivity index (χ4v) is 4.05. The summed E-state index contributed by atoms with van der Waals surface area (Å²) in [5, 5.41) is 19.5. The van der Waals surface area contributed by atoms with Crippen molar-refractivity contribution in [3.63, 3.8) is 0 Å². The molecule has 0 aliphatic heterocycles. The summed E-state index contributed by atoms with van der Waals surface area (Å²) in [6.07, 6.45) is 2.47. The smallest absolute Gasteiger partial charge is 0.411 e. The number of aromatic nitrogens is 1. The van der Waals surface area contributed by atoms with Crippen LogP contribution in [-0.4, -0.2) is 48.0 Å². The highest BCUT2D eigenvalue weighted by molar-refractivity contribution is 7.98. The Hall–Kier alpha value is -3.99. The Labute approximate surface area is 200 Å². The lowest BCUT2D eigenvalue weighted by molar-refractivity contribution is -0.137. The van der Waals surface area contributed by atoms with Gasteiger partial charge in [0.15, 0.2) is 0 Å². The van der Waals surface area contributed by atoms with Gasteiger partial charge in [0.25, 0.3) is 0 Å². The SMILES string of the molecule is COC(=O)Nc1ccc(SC)c([C@@H](CC(=O)O)NC(=O)CNc2ccc3c(N)nccc3c2)c1. The lowest BCUT2D eigenvalue weighted by Gasteiger charge is -2.21. The lowest BCUT2D eigenvalue weighted by Crippen LogP contribution is -2.34. The van der Waals surface area contributed by atoms with Gasteiger partial charge in [-0.15, -0.1) is 11.8 Å². The van der Waals surface area contributed by atoms with Gasteiger partial charge < -0.3 is 26.2 Å². The molecule has 2 aromatic carbocycles. The van der Waals surface area contributed by atoms with Crippen LogP contribution < -0.4 is 21.7 Å². The topological polar surface area (TPSA) is 156 Å². The lowest BCUT2D eigenvalue weighted by atomic mass is 10.0. The number of methoxy groups -OCH3 is 1. The highest BCUT2D eigenvalue weighted by Gasteiger charge is 2.22. The highest BCUT2D eigenvalue weighted by Crippen LogP contribution is 2.31. The molecule has 0 radical (unpaired) electrons. The summed E-state index contributed by atoms with van der Waals surface area (Å²) < 4.78 is 4.61. The van der Waals surface area contributed by atoms with Gasteiger partial charge in [0.05, 0.1) is 26.1 Å². The number of nitrogens with one attached hydrogen (secondary N) is 3. The van der Waals surface area contributed by atoms with Crippen molar-refractivity contribution >= 4 is 57.7 Å². The standard InChI is InChI=1S/C23H25N5O5S/c1-33-23(32)27-15-4-6-19(34-2)17(10-15)18(11-21(30)31)28-20(29)12-26-14-3-5-16-13(9-14)7-8-25-22(16)24/h3-10,18,26H,11-12H2,1-2H3,(H2,24,25)(H,27,32)(H,28,29)(H,30,31)/t18-/m1/s1. The number of carboxylic acid groups (broad SMARTS) is 1. The number of carbonyl (C=O) groups is 3. The van der Waals surface area contributed by atoms with Gasteiger partial charge in [0.2, 0.25) is 5.91 Å². The van der Waals surface area contributed by atoms with Crippen LogP contribution in [0.1, 0.15) is 18.0 Å². The molecule has 0 aliphatic carbocycles. The van der Waals surface area contributed by atoms with Gasteiger partial charge >= 0.3 is 12.1 Å². The van der Waals surface area contributed by atoms with E-state index in [9.17, 15) is 19.5 Å². The molecule has 1 atom stereocenters. The number of thioether (sulfide) groups is 1. The summed E-state index contributed by atoms with van der Waals surface area (Å²) in [5.74, 6) is -1.04. The van der Waals surface area contributed by atoms with E-state index < -0.39 is 18.1 Å². The second-order valence-corrected chi connectivity index (χ2v) is 8.13. The number of nitrogen functional groups attached to an aromatic ring is 1. The number of hydrogen-bond donors (Lipinski definition) is 5. The first-order chi connectivity index (χ1) is 16.3. The summed E-state index contributed by atoms with van der Waals surface area (Å²) in [5.41, 5.74) is 7.58. The van der Waals surface area contributed by atoms with Crippen LogP contribution in [0.25, 0.3) is 10.8 Å². The van der Waals surface area contributed by atoms with Crippen LogP contribution in [0.2, 0.25) is 0 Å². The van der Waals surface area contributed by atoms with Crippen LogP contribution in [0.15, 0.2) is 53.6 Å². The number of nitrogens with zero attached hydrogens (tertiary/aromatic N) is 1. The van der Waals surface area contributed by atoms with E-state index in [1.807, 2.05) is 24.5 Å². The van der Waals surface area contributed by atoms with E-state index in [1.165, 1.54) is 18.9 Å². The first-order valence-electron chi connectivity index (χ1n) is 10.2. The monoisotopic (exact) mass is 483 g/mol. The Morgan fingerprint density at radius 2 is 1.91 bits per heavy atom. The minimum Gasteiger partial charge on any atom is -0.481 e. The van der Waals surface area contributed by atoms with E-state index in [0.717, 1.165) is 15.7 Å². The largest absolute Gasteiger partial charge is 0.481 e. The highest BCUT2D eigenvalue weighted by atomic mass is 32.2. The molecule has 0 saturated heterocycles. The Balaban J connectivity index is 1.76. The molecule has 0 saturated carbocycles. The first-order valence-corrected chi connectivity index (χ1v) is 11.5. The zero-order chi connectivity index (χ0) is 24.7. The van der Waals surface area contributed by atoms with Crippen LogP contribution in [0.4, 0.5) is 22.0 Å². The molecule has 1 aromatic heterocycles. The van der Waals surface area contributed by atoms with Crippen LogP contribution in [0, 0.1) is 0 Å². The number of amides is 2. The van der Waals surface area contributed by atoms with E-state index in [-0.39, 0.29) is 18.9 Å². The van der Waals surface area contributed by atoms with E-state index in [1.54, 1.807) is 30.5 Å². The van der Waals surface area contributed by atoms with Crippen molar-refractivity contribution in [1.29, 1.82) is 0 Å². The van der Waals surface area contributed by atoms with E-state index in [4.69, 9.17) is 5.73 Å². The van der Waals surface area contributed by atoms with E-state index in [2.05, 4.69) is 25.7 Å². The molecule has 0 aliphatic rings. The molecule has 2 amide bonds. The molecular weight excluding hydrogens is 458 g/mol. The van der Waals surface area contributed by atoms with Gasteiger partial charge in [-0.25, -0.2) is 9.78 Å². The molecule has 0 spiro atoms. The third kappa shape index (κ3) is 6.29. The number of ether oxygens (including phenoxy) is 1. The Kier molecular flexibility index (Phi) is 8.14. The number of anilines is 3. The molecular formula is C23H25N5O5S. The number of fused-ring (bicyclic) bond motifs is 1. The molecule has 6 N–H and O–H groups in total. The van der Waals surface area contributed by atoms with Gasteiger partial charge in [-0.05, 0) is 59.7 Å². The minimum absolute atomic E-state index is 0.0725. The normalized spacial score (nSPS) is 11.5. The third-order valence-electron chi connectivity index (χ3n) is 5.00. The zero-order valence-corrected chi connectivity index (χ0v) is 19.4. The maximum Gasteiger partial charge on any atom is 0.411 e. The van der Waals surface area contributed by atoms with Crippen LogP contribution in [-0.2, 0) is 14.3 Å². The van der Waals surface area contributed by atoms with Gasteiger partial charge in [-0.3, -0.25) is 14.9 Å². The van der Waals surface area contributed by atoms with Crippen molar-refractivity contribution in [3.8, 4) is 0 Å².